The smallest absolute Gasteiger partial charge is 0.240 e. The highest BCUT2D eigenvalue weighted by atomic mass is 32.1. The van der Waals surface area contributed by atoms with Crippen LogP contribution in [0.3, 0.4) is 0 Å². The summed E-state index contributed by atoms with van der Waals surface area (Å²) in [6, 6.07) is 4.50. The molecule has 0 radical (unpaired) electrons. The summed E-state index contributed by atoms with van der Waals surface area (Å²) in [5, 5.41) is 8.75. The second kappa shape index (κ2) is 7.75. The number of amides is 1. The van der Waals surface area contributed by atoms with Crippen molar-refractivity contribution in [3.8, 4) is 0 Å². The monoisotopic (exact) mass is 337 g/mol. The fourth-order valence-electron chi connectivity index (χ4n) is 3.60. The van der Waals surface area contributed by atoms with Crippen LogP contribution in [0.25, 0.3) is 0 Å². The van der Waals surface area contributed by atoms with Crippen LogP contribution in [0, 0.1) is 0 Å². The second-order valence-electron chi connectivity index (χ2n) is 6.36. The van der Waals surface area contributed by atoms with Gasteiger partial charge in [-0.05, 0) is 37.3 Å². The Kier molecular flexibility index (Phi) is 5.69. The van der Waals surface area contributed by atoms with Crippen LogP contribution in [0.15, 0.2) is 17.5 Å². The topological polar surface area (TPSA) is 53.6 Å². The number of nitrogens with zero attached hydrogens (tertiary/aromatic N) is 1. The SMILES string of the molecule is CCC1(C(=O)NCC(c2cccs2)N2CCOCC2)CCCN1. The Balaban J connectivity index is 1.65. The first-order valence-electron chi connectivity index (χ1n) is 8.64. The number of hydrogen-bond acceptors (Lipinski definition) is 5. The van der Waals surface area contributed by atoms with Gasteiger partial charge in [-0.3, -0.25) is 9.69 Å². The van der Waals surface area contributed by atoms with Crippen molar-refractivity contribution in [3.05, 3.63) is 22.4 Å². The van der Waals surface area contributed by atoms with Crippen LogP contribution in [-0.2, 0) is 9.53 Å². The molecule has 2 atom stereocenters. The van der Waals surface area contributed by atoms with Crippen molar-refractivity contribution in [2.24, 2.45) is 0 Å². The van der Waals surface area contributed by atoms with Gasteiger partial charge in [0.05, 0.1) is 24.8 Å². The average Bonchev–Trinajstić information content (AvgIpc) is 3.28. The fraction of sp³-hybridized carbons (Fsp3) is 0.706. The number of carbonyl (C=O) groups is 1. The molecule has 5 nitrogen and oxygen atoms in total. The molecule has 1 aromatic heterocycles. The van der Waals surface area contributed by atoms with E-state index >= 15 is 0 Å². The van der Waals surface area contributed by atoms with Crippen LogP contribution in [0.4, 0.5) is 0 Å². The van der Waals surface area contributed by atoms with E-state index in [2.05, 4.69) is 40.0 Å². The van der Waals surface area contributed by atoms with Crippen molar-refractivity contribution in [2.75, 3.05) is 39.4 Å². The maximum absolute atomic E-state index is 12.7. The Labute approximate surface area is 142 Å². The molecule has 2 aliphatic rings. The number of rotatable bonds is 6. The molecule has 0 bridgehead atoms. The average molecular weight is 337 g/mol. The first-order valence-corrected chi connectivity index (χ1v) is 9.52. The number of carbonyl (C=O) groups excluding carboxylic acids is 1. The van der Waals surface area contributed by atoms with Crippen LogP contribution in [0.5, 0.6) is 0 Å². The number of ether oxygens (including phenoxy) is 1. The molecule has 2 unspecified atom stereocenters. The lowest BCUT2D eigenvalue weighted by molar-refractivity contribution is -0.127. The van der Waals surface area contributed by atoms with E-state index in [1.54, 1.807) is 11.3 Å². The summed E-state index contributed by atoms with van der Waals surface area (Å²) >= 11 is 1.76. The lowest BCUT2D eigenvalue weighted by Crippen LogP contribution is -2.54. The van der Waals surface area contributed by atoms with Crippen molar-refractivity contribution >= 4 is 17.2 Å². The predicted octanol–water partition coefficient (Wildman–Crippen LogP) is 1.77. The number of nitrogens with one attached hydrogen (secondary N) is 2. The van der Waals surface area contributed by atoms with E-state index in [1.807, 2.05) is 0 Å². The summed E-state index contributed by atoms with van der Waals surface area (Å²) in [4.78, 5) is 16.5. The molecule has 0 spiro atoms. The van der Waals surface area contributed by atoms with E-state index in [1.165, 1.54) is 4.88 Å². The highest BCUT2D eigenvalue weighted by molar-refractivity contribution is 7.10. The molecule has 0 saturated carbocycles. The first kappa shape index (κ1) is 16.9. The molecule has 3 heterocycles. The van der Waals surface area contributed by atoms with Crippen LogP contribution in [0.1, 0.15) is 37.1 Å². The van der Waals surface area contributed by atoms with E-state index in [0.717, 1.165) is 52.1 Å². The minimum Gasteiger partial charge on any atom is -0.379 e. The lowest BCUT2D eigenvalue weighted by atomic mass is 9.93. The molecule has 1 amide bonds. The van der Waals surface area contributed by atoms with Gasteiger partial charge in [-0.1, -0.05) is 13.0 Å². The van der Waals surface area contributed by atoms with Gasteiger partial charge in [0, 0.05) is 24.5 Å². The van der Waals surface area contributed by atoms with Crippen LogP contribution in [-0.4, -0.2) is 55.7 Å². The molecule has 2 N–H and O–H groups in total. The summed E-state index contributed by atoms with van der Waals surface area (Å²) in [6.45, 7) is 7.11. The molecule has 6 heteroatoms. The van der Waals surface area contributed by atoms with Crippen molar-refractivity contribution in [1.29, 1.82) is 0 Å². The van der Waals surface area contributed by atoms with E-state index in [4.69, 9.17) is 4.74 Å². The summed E-state index contributed by atoms with van der Waals surface area (Å²) in [6.07, 6.45) is 2.87. The molecule has 23 heavy (non-hydrogen) atoms. The van der Waals surface area contributed by atoms with Crippen molar-refractivity contribution < 1.29 is 9.53 Å². The molecule has 2 saturated heterocycles. The number of morpholine rings is 1. The minimum absolute atomic E-state index is 0.160. The minimum atomic E-state index is -0.356. The van der Waals surface area contributed by atoms with Gasteiger partial charge in [0.15, 0.2) is 0 Å². The van der Waals surface area contributed by atoms with Gasteiger partial charge in [0.1, 0.15) is 0 Å². The highest BCUT2D eigenvalue weighted by Gasteiger charge is 2.39. The third-order valence-corrected chi connectivity index (χ3v) is 6.07. The molecule has 0 aliphatic carbocycles. The molecule has 0 aromatic carbocycles. The Morgan fingerprint density at radius 3 is 2.96 bits per heavy atom. The van der Waals surface area contributed by atoms with E-state index in [9.17, 15) is 4.79 Å². The second-order valence-corrected chi connectivity index (χ2v) is 7.33. The lowest BCUT2D eigenvalue weighted by Gasteiger charge is -2.35. The molecule has 3 rings (SSSR count). The molecule has 2 aliphatic heterocycles. The van der Waals surface area contributed by atoms with Crippen molar-refractivity contribution in [2.45, 2.75) is 37.8 Å². The Morgan fingerprint density at radius 1 is 1.52 bits per heavy atom. The van der Waals surface area contributed by atoms with Gasteiger partial charge in [0.25, 0.3) is 0 Å². The van der Waals surface area contributed by atoms with E-state index < -0.39 is 0 Å². The summed E-state index contributed by atoms with van der Waals surface area (Å²) in [5.74, 6) is 0.160. The molecular formula is C17H27N3O2S. The molecule has 128 valence electrons. The maximum atomic E-state index is 12.7. The predicted molar refractivity (Wildman–Crippen MR) is 92.7 cm³/mol. The third-order valence-electron chi connectivity index (χ3n) is 5.10. The van der Waals surface area contributed by atoms with Crippen molar-refractivity contribution in [1.82, 2.24) is 15.5 Å². The zero-order valence-electron chi connectivity index (χ0n) is 13.8. The summed E-state index contributed by atoms with van der Waals surface area (Å²) in [5.41, 5.74) is -0.356. The zero-order valence-corrected chi connectivity index (χ0v) is 14.7. The first-order chi connectivity index (χ1) is 11.2. The van der Waals surface area contributed by atoms with E-state index in [0.29, 0.717) is 6.54 Å². The molecular weight excluding hydrogens is 310 g/mol. The van der Waals surface area contributed by atoms with E-state index in [-0.39, 0.29) is 17.5 Å². The normalized spacial score (nSPS) is 27.0. The molecule has 2 fully saturated rings. The standard InChI is InChI=1S/C17H27N3O2S/c1-2-17(6-4-7-19-17)16(21)18-13-14(15-5-3-12-23-15)20-8-10-22-11-9-20/h3,5,12,14,19H,2,4,6-11,13H2,1H3,(H,18,21). The van der Waals surface area contributed by atoms with Gasteiger partial charge in [-0.25, -0.2) is 0 Å². The Hall–Kier alpha value is -0.950. The van der Waals surface area contributed by atoms with Crippen molar-refractivity contribution in [3.63, 3.8) is 0 Å². The van der Waals surface area contributed by atoms with Gasteiger partial charge < -0.3 is 15.4 Å². The number of hydrogen-bond donors (Lipinski definition) is 2. The molecule has 1 aromatic rings. The summed E-state index contributed by atoms with van der Waals surface area (Å²) < 4.78 is 5.47. The third kappa shape index (κ3) is 3.76. The van der Waals surface area contributed by atoms with Gasteiger partial charge >= 0.3 is 0 Å². The highest BCUT2D eigenvalue weighted by Crippen LogP contribution is 2.27. The summed E-state index contributed by atoms with van der Waals surface area (Å²) in [7, 11) is 0. The maximum Gasteiger partial charge on any atom is 0.240 e. The Morgan fingerprint density at radius 2 is 2.35 bits per heavy atom. The van der Waals surface area contributed by atoms with Gasteiger partial charge in [0.2, 0.25) is 5.91 Å². The van der Waals surface area contributed by atoms with Gasteiger partial charge in [-0.15, -0.1) is 11.3 Å². The quantitative estimate of drug-likeness (QED) is 0.831. The Bertz CT molecular complexity index is 494. The van der Waals surface area contributed by atoms with Gasteiger partial charge in [-0.2, -0.15) is 0 Å². The van der Waals surface area contributed by atoms with Crippen LogP contribution < -0.4 is 10.6 Å². The zero-order chi connectivity index (χ0) is 16.1. The number of thiophene rings is 1. The largest absolute Gasteiger partial charge is 0.379 e. The fourth-order valence-corrected chi connectivity index (χ4v) is 4.46. The van der Waals surface area contributed by atoms with Crippen LogP contribution >= 0.6 is 11.3 Å². The van der Waals surface area contributed by atoms with Crippen LogP contribution in [0.2, 0.25) is 0 Å².